The van der Waals surface area contributed by atoms with Crippen LogP contribution in [0.25, 0.3) is 0 Å². The minimum atomic E-state index is -3.71. The van der Waals surface area contributed by atoms with Crippen molar-refractivity contribution in [3.63, 3.8) is 0 Å². The maximum absolute atomic E-state index is 12.8. The summed E-state index contributed by atoms with van der Waals surface area (Å²) in [4.78, 5) is 28.6. The average Bonchev–Trinajstić information content (AvgIpc) is 2.77. The first-order valence-electron chi connectivity index (χ1n) is 9.55. The average molecular weight is 451 g/mol. The van der Waals surface area contributed by atoms with Crippen molar-refractivity contribution in [3.05, 3.63) is 59.4 Å². The number of pyridine rings is 1. The molecule has 2 heterocycles. The number of aromatic nitrogens is 1. The van der Waals surface area contributed by atoms with E-state index in [2.05, 4.69) is 15.6 Å². The summed E-state index contributed by atoms with van der Waals surface area (Å²) < 4.78 is 27.0. The highest BCUT2D eigenvalue weighted by Gasteiger charge is 2.33. The van der Waals surface area contributed by atoms with Gasteiger partial charge in [-0.05, 0) is 48.7 Å². The van der Waals surface area contributed by atoms with Crippen molar-refractivity contribution < 1.29 is 18.0 Å². The molecule has 2 amide bonds. The second-order valence-corrected chi connectivity index (χ2v) is 9.39. The Bertz CT molecular complexity index is 984. The Labute approximate surface area is 180 Å². The van der Waals surface area contributed by atoms with Crippen molar-refractivity contribution in [1.82, 2.24) is 19.9 Å². The molecule has 1 aliphatic heterocycles. The van der Waals surface area contributed by atoms with Gasteiger partial charge >= 0.3 is 0 Å². The largest absolute Gasteiger partial charge is 0.350 e. The number of rotatable bonds is 7. The lowest BCUT2D eigenvalue weighted by Crippen LogP contribution is -2.47. The number of sulfonamides is 1. The van der Waals surface area contributed by atoms with Crippen molar-refractivity contribution in [2.45, 2.75) is 24.3 Å². The van der Waals surface area contributed by atoms with Gasteiger partial charge in [-0.25, -0.2) is 8.42 Å². The molecule has 0 radical (unpaired) electrons. The Hall–Kier alpha value is -2.49. The highest BCUT2D eigenvalue weighted by atomic mass is 35.5. The number of carbonyl (C=O) groups excluding carboxylic acids is 2. The van der Waals surface area contributed by atoms with Gasteiger partial charge in [0.15, 0.2) is 0 Å². The molecular formula is C20H23ClN4O4S. The Morgan fingerprint density at radius 3 is 2.63 bits per heavy atom. The van der Waals surface area contributed by atoms with Crippen LogP contribution in [0.1, 0.15) is 18.4 Å². The van der Waals surface area contributed by atoms with Crippen molar-refractivity contribution in [1.29, 1.82) is 0 Å². The predicted molar refractivity (Wildman–Crippen MR) is 112 cm³/mol. The standard InChI is InChI=1S/C20H23ClN4O4S/c21-17-5-7-18(8-6-17)30(28,29)25-10-2-4-16(14-25)20(27)24-13-19(26)23-12-15-3-1-9-22-11-15/h1,3,5-9,11,16H,2,4,10,12-14H2,(H,23,26)(H,24,27)/t16-/m1/s1. The van der Waals surface area contributed by atoms with Gasteiger partial charge < -0.3 is 10.6 Å². The Kier molecular flexibility index (Phi) is 7.41. The van der Waals surface area contributed by atoms with E-state index in [4.69, 9.17) is 11.6 Å². The number of carbonyl (C=O) groups is 2. The van der Waals surface area contributed by atoms with Gasteiger partial charge in [0.25, 0.3) is 0 Å². The SMILES string of the molecule is O=C(CNC(=O)[C@@H]1CCCN(S(=O)(=O)c2ccc(Cl)cc2)C1)NCc1cccnc1. The third-order valence-electron chi connectivity index (χ3n) is 4.84. The maximum atomic E-state index is 12.8. The number of piperidine rings is 1. The smallest absolute Gasteiger partial charge is 0.243 e. The summed E-state index contributed by atoms with van der Waals surface area (Å²) in [5.41, 5.74) is 0.854. The zero-order valence-corrected chi connectivity index (χ0v) is 17.8. The summed E-state index contributed by atoms with van der Waals surface area (Å²) in [5.74, 6) is -1.16. The van der Waals surface area contributed by atoms with Crippen LogP contribution in [0.4, 0.5) is 0 Å². The van der Waals surface area contributed by atoms with Gasteiger partial charge in [0.2, 0.25) is 21.8 Å². The number of amides is 2. The topological polar surface area (TPSA) is 108 Å². The summed E-state index contributed by atoms with van der Waals surface area (Å²) in [6, 6.07) is 9.56. The molecule has 3 rings (SSSR count). The minimum Gasteiger partial charge on any atom is -0.350 e. The van der Waals surface area contributed by atoms with Gasteiger partial charge in [0.05, 0.1) is 17.4 Å². The molecule has 2 N–H and O–H groups in total. The van der Waals surface area contributed by atoms with Crippen LogP contribution in [0.2, 0.25) is 5.02 Å². The number of nitrogens with one attached hydrogen (secondary N) is 2. The molecule has 1 aliphatic rings. The van der Waals surface area contributed by atoms with Gasteiger partial charge in [0.1, 0.15) is 0 Å². The lowest BCUT2D eigenvalue weighted by Gasteiger charge is -2.31. The summed E-state index contributed by atoms with van der Waals surface area (Å²) in [7, 11) is -3.71. The van der Waals surface area contributed by atoms with Crippen molar-refractivity contribution >= 4 is 33.4 Å². The Morgan fingerprint density at radius 1 is 1.17 bits per heavy atom. The van der Waals surface area contributed by atoms with Crippen LogP contribution in [-0.4, -0.2) is 49.2 Å². The van der Waals surface area contributed by atoms with Gasteiger partial charge in [-0.2, -0.15) is 4.31 Å². The van der Waals surface area contributed by atoms with E-state index < -0.39 is 15.9 Å². The normalized spacial score (nSPS) is 17.3. The molecule has 0 unspecified atom stereocenters. The highest BCUT2D eigenvalue weighted by molar-refractivity contribution is 7.89. The molecule has 1 atom stereocenters. The number of benzene rings is 1. The summed E-state index contributed by atoms with van der Waals surface area (Å²) in [6.45, 7) is 0.576. The van der Waals surface area contributed by atoms with Gasteiger partial charge in [-0.3, -0.25) is 14.6 Å². The van der Waals surface area contributed by atoms with E-state index in [1.54, 1.807) is 18.5 Å². The molecule has 0 saturated carbocycles. The second-order valence-electron chi connectivity index (χ2n) is 7.01. The molecule has 10 heteroatoms. The first-order chi connectivity index (χ1) is 14.4. The van der Waals surface area contributed by atoms with Crippen molar-refractivity contribution in [3.8, 4) is 0 Å². The second kappa shape index (κ2) is 10.0. The maximum Gasteiger partial charge on any atom is 0.243 e. The number of hydrogen-bond donors (Lipinski definition) is 2. The molecule has 1 aromatic heterocycles. The molecular weight excluding hydrogens is 428 g/mol. The monoisotopic (exact) mass is 450 g/mol. The highest BCUT2D eigenvalue weighted by Crippen LogP contribution is 2.24. The predicted octanol–water partition coefficient (Wildman–Crippen LogP) is 1.57. The zero-order chi connectivity index (χ0) is 21.6. The van der Waals surface area contributed by atoms with E-state index in [1.165, 1.54) is 28.6 Å². The van der Waals surface area contributed by atoms with Crippen LogP contribution in [0.3, 0.4) is 0 Å². The summed E-state index contributed by atoms with van der Waals surface area (Å²) in [6.07, 6.45) is 4.43. The van der Waals surface area contributed by atoms with E-state index in [1.807, 2.05) is 6.07 Å². The molecule has 0 spiro atoms. The molecule has 2 aromatic rings. The minimum absolute atomic E-state index is 0.0775. The molecule has 0 bridgehead atoms. The molecule has 1 fully saturated rings. The quantitative estimate of drug-likeness (QED) is 0.665. The van der Waals surface area contributed by atoms with E-state index in [-0.39, 0.29) is 29.8 Å². The molecule has 1 saturated heterocycles. The molecule has 160 valence electrons. The number of halogens is 1. The number of hydrogen-bond acceptors (Lipinski definition) is 5. The van der Waals surface area contributed by atoms with Crippen molar-refractivity contribution in [2.24, 2.45) is 5.92 Å². The molecule has 8 nitrogen and oxygen atoms in total. The Balaban J connectivity index is 1.51. The third kappa shape index (κ3) is 5.78. The molecule has 30 heavy (non-hydrogen) atoms. The Morgan fingerprint density at radius 2 is 1.93 bits per heavy atom. The lowest BCUT2D eigenvalue weighted by atomic mass is 9.99. The van der Waals surface area contributed by atoms with E-state index in [0.717, 1.165) is 5.56 Å². The van der Waals surface area contributed by atoms with E-state index in [0.29, 0.717) is 31.0 Å². The van der Waals surface area contributed by atoms with Crippen LogP contribution < -0.4 is 10.6 Å². The fourth-order valence-electron chi connectivity index (χ4n) is 3.21. The molecule has 0 aliphatic carbocycles. The summed E-state index contributed by atoms with van der Waals surface area (Å²) >= 11 is 5.83. The zero-order valence-electron chi connectivity index (χ0n) is 16.3. The van der Waals surface area contributed by atoms with Crippen molar-refractivity contribution in [2.75, 3.05) is 19.6 Å². The van der Waals surface area contributed by atoms with Crippen LogP contribution in [0.15, 0.2) is 53.7 Å². The van der Waals surface area contributed by atoms with E-state index >= 15 is 0 Å². The van der Waals surface area contributed by atoms with Gasteiger partial charge in [-0.1, -0.05) is 17.7 Å². The lowest BCUT2D eigenvalue weighted by molar-refractivity contribution is -0.129. The third-order valence-corrected chi connectivity index (χ3v) is 6.97. The van der Waals surface area contributed by atoms with Gasteiger partial charge in [0, 0.05) is 37.1 Å². The van der Waals surface area contributed by atoms with Gasteiger partial charge in [-0.15, -0.1) is 0 Å². The van der Waals surface area contributed by atoms with Crippen LogP contribution in [0, 0.1) is 5.92 Å². The fraction of sp³-hybridized carbons (Fsp3) is 0.350. The fourth-order valence-corrected chi connectivity index (χ4v) is 4.86. The van der Waals surface area contributed by atoms with E-state index in [9.17, 15) is 18.0 Å². The first kappa shape index (κ1) is 22.2. The first-order valence-corrected chi connectivity index (χ1v) is 11.4. The van der Waals surface area contributed by atoms with Crippen LogP contribution in [0.5, 0.6) is 0 Å². The van der Waals surface area contributed by atoms with Crippen LogP contribution in [-0.2, 0) is 26.2 Å². The van der Waals surface area contributed by atoms with Crippen LogP contribution >= 0.6 is 11.6 Å². The number of nitrogens with zero attached hydrogens (tertiary/aromatic N) is 2. The summed E-state index contributed by atoms with van der Waals surface area (Å²) in [5, 5.41) is 5.76. The molecule has 1 aromatic carbocycles.